The van der Waals surface area contributed by atoms with E-state index in [0.717, 1.165) is 0 Å². The van der Waals surface area contributed by atoms with Crippen LogP contribution in [0.5, 0.6) is 0 Å². The summed E-state index contributed by atoms with van der Waals surface area (Å²) in [4.78, 5) is 0. The minimum Gasteiger partial charge on any atom is -0.726 e. The van der Waals surface area contributed by atoms with E-state index in [1.165, 1.54) is 0 Å². The minimum absolute atomic E-state index is 0. The summed E-state index contributed by atoms with van der Waals surface area (Å²) in [5.41, 5.74) is 0. The lowest BCUT2D eigenvalue weighted by Gasteiger charge is -1.94. The maximum absolute atomic E-state index is 8.63. The first kappa shape index (κ1) is 12.5. The van der Waals surface area contributed by atoms with E-state index in [2.05, 4.69) is 5.32 Å². The zero-order valence-corrected chi connectivity index (χ0v) is 6.42. The van der Waals surface area contributed by atoms with Gasteiger partial charge in [0.05, 0.1) is 0 Å². The van der Waals surface area contributed by atoms with Crippen LogP contribution in [0.3, 0.4) is 0 Å². The average Bonchev–Trinajstić information content (AvgIpc) is 1.61. The Kier molecular flexibility index (Phi) is 6.94. The second kappa shape index (κ2) is 5.57. The summed E-state index contributed by atoms with van der Waals surface area (Å²) < 4.78 is 32.8. The fraction of sp³-hybridized carbons (Fsp3) is 1.00. The molecule has 0 aliphatic heterocycles. The first-order chi connectivity index (χ1) is 4.27. The molecule has 6 nitrogen and oxygen atoms in total. The van der Waals surface area contributed by atoms with E-state index >= 15 is 0 Å². The van der Waals surface area contributed by atoms with Gasteiger partial charge in [0.2, 0.25) is 10.4 Å². The van der Waals surface area contributed by atoms with Crippen molar-refractivity contribution in [3.63, 3.8) is 0 Å². The summed E-state index contributed by atoms with van der Waals surface area (Å²) in [6.07, 6.45) is -0.366. The molecular formula is C3H11NO5S. The Morgan fingerprint density at radius 3 is 1.80 bits per heavy atom. The molecule has 1 atom stereocenters. The van der Waals surface area contributed by atoms with Crippen molar-refractivity contribution in [3.05, 3.63) is 0 Å². The van der Waals surface area contributed by atoms with Crippen molar-refractivity contribution in [1.29, 1.82) is 0 Å². The molecule has 0 saturated carbocycles. The van der Waals surface area contributed by atoms with Gasteiger partial charge in [-0.1, -0.05) is 0 Å². The van der Waals surface area contributed by atoms with E-state index in [4.69, 9.17) is 22.6 Å². The maximum atomic E-state index is 8.63. The van der Waals surface area contributed by atoms with Crippen LogP contribution in [0.4, 0.5) is 0 Å². The average molecular weight is 173 g/mol. The van der Waals surface area contributed by atoms with E-state index in [-0.39, 0.29) is 7.65 Å². The lowest BCUT2D eigenvalue weighted by atomic mass is 10.7. The molecule has 0 aliphatic carbocycles. The Bertz CT molecular complexity index is 147. The number of aliphatic hydroxyl groups excluding tert-OH is 1. The van der Waals surface area contributed by atoms with Crippen molar-refractivity contribution >= 4 is 10.4 Å². The predicted octanol–water partition coefficient (Wildman–Crippen LogP) is -1.34. The highest BCUT2D eigenvalue weighted by Crippen LogP contribution is 1.59. The standard InChI is InChI=1S/C3H9NO.H2O4S/c1-3(5)4-2;1-5(2,3)4/h3-5H,1-2H3;(H2,1,2,3,4). The van der Waals surface area contributed by atoms with Crippen molar-refractivity contribution < 1.29 is 24.1 Å². The third kappa shape index (κ3) is 112. The number of nitrogens with one attached hydrogen (secondary N) is 1. The zero-order chi connectivity index (χ0) is 8.78. The third-order valence-electron chi connectivity index (χ3n) is 0.418. The topological polar surface area (TPSA) is 110 Å². The van der Waals surface area contributed by atoms with Crippen molar-refractivity contribution in [1.82, 2.24) is 5.32 Å². The van der Waals surface area contributed by atoms with Crippen LogP contribution in [0.25, 0.3) is 0 Å². The first-order valence-corrected chi connectivity index (χ1v) is 3.67. The van der Waals surface area contributed by atoms with Crippen LogP contribution in [0.15, 0.2) is 0 Å². The second-order valence-electron chi connectivity index (χ2n) is 1.39. The number of hydrogen-bond donors (Lipinski definition) is 3. The highest BCUT2D eigenvalue weighted by Gasteiger charge is 1.78. The molecule has 0 fully saturated rings. The van der Waals surface area contributed by atoms with Gasteiger partial charge >= 0.3 is 1.43 Å². The molecule has 64 valence electrons. The maximum Gasteiger partial charge on any atom is 1.00 e. The number of hydrogen-bond acceptors (Lipinski definition) is 5. The van der Waals surface area contributed by atoms with Crippen LogP contribution in [0.1, 0.15) is 8.35 Å². The number of rotatable bonds is 1. The number of aliphatic hydroxyl groups is 1. The first-order valence-electron chi connectivity index (χ1n) is 2.31. The monoisotopic (exact) mass is 173 g/mol. The molecular weight excluding hydrogens is 162 g/mol. The fourth-order valence-electron chi connectivity index (χ4n) is 0. The van der Waals surface area contributed by atoms with Crippen LogP contribution >= 0.6 is 0 Å². The van der Waals surface area contributed by atoms with Crippen LogP contribution in [-0.4, -0.2) is 35.9 Å². The molecule has 0 aliphatic rings. The Morgan fingerprint density at radius 1 is 1.70 bits per heavy atom. The van der Waals surface area contributed by atoms with Gasteiger partial charge in [0, 0.05) is 0 Å². The summed E-state index contributed by atoms with van der Waals surface area (Å²) in [5, 5.41) is 10.8. The van der Waals surface area contributed by atoms with Crippen molar-refractivity contribution in [2.24, 2.45) is 0 Å². The Labute approximate surface area is 60.9 Å². The van der Waals surface area contributed by atoms with Gasteiger partial charge in [-0.05, 0) is 14.0 Å². The molecule has 0 amide bonds. The molecule has 0 saturated heterocycles. The van der Waals surface area contributed by atoms with Gasteiger partial charge in [-0.3, -0.25) is 9.87 Å². The smallest absolute Gasteiger partial charge is 0.726 e. The van der Waals surface area contributed by atoms with E-state index < -0.39 is 10.4 Å². The van der Waals surface area contributed by atoms with Gasteiger partial charge in [-0.25, -0.2) is 8.42 Å². The molecule has 7 heteroatoms. The highest BCUT2D eigenvalue weighted by molar-refractivity contribution is 7.79. The summed E-state index contributed by atoms with van der Waals surface area (Å²) in [5.74, 6) is 0. The zero-order valence-electron chi connectivity index (χ0n) is 6.60. The normalized spacial score (nSPS) is 13.3. The third-order valence-corrected chi connectivity index (χ3v) is 0.418. The van der Waals surface area contributed by atoms with Crippen molar-refractivity contribution in [2.45, 2.75) is 13.2 Å². The van der Waals surface area contributed by atoms with Crippen LogP contribution in [0.2, 0.25) is 0 Å². The van der Waals surface area contributed by atoms with Crippen LogP contribution in [-0.2, 0) is 10.4 Å². The lowest BCUT2D eigenvalue weighted by molar-refractivity contribution is 0.167. The predicted molar refractivity (Wildman–Crippen MR) is 34.2 cm³/mol. The Hall–Kier alpha value is -0.210. The molecule has 0 aromatic rings. The Morgan fingerprint density at radius 2 is 1.80 bits per heavy atom. The largest absolute Gasteiger partial charge is 1.00 e. The van der Waals surface area contributed by atoms with Gasteiger partial charge in [0.25, 0.3) is 0 Å². The molecule has 0 aromatic heterocycles. The molecule has 10 heavy (non-hydrogen) atoms. The van der Waals surface area contributed by atoms with Gasteiger partial charge in [-0.15, -0.1) is 0 Å². The highest BCUT2D eigenvalue weighted by atomic mass is 32.3. The van der Waals surface area contributed by atoms with Crippen LogP contribution < -0.4 is 5.32 Å². The van der Waals surface area contributed by atoms with E-state index in [9.17, 15) is 0 Å². The molecule has 0 heterocycles. The summed E-state index contributed by atoms with van der Waals surface area (Å²) in [6, 6.07) is 0. The summed E-state index contributed by atoms with van der Waals surface area (Å²) >= 11 is 0. The second-order valence-corrected chi connectivity index (χ2v) is 2.25. The molecule has 0 radical (unpaired) electrons. The van der Waals surface area contributed by atoms with E-state index in [1.807, 2.05) is 0 Å². The minimum atomic E-state index is -4.92. The molecule has 0 spiro atoms. The van der Waals surface area contributed by atoms with Gasteiger partial charge < -0.3 is 9.66 Å². The van der Waals surface area contributed by atoms with Crippen LogP contribution in [0, 0.1) is 0 Å². The van der Waals surface area contributed by atoms with Gasteiger partial charge in [0.1, 0.15) is 6.23 Å². The SMILES string of the molecule is CNC(C)O.O=S(=O)([O-])O.[H+]. The molecule has 0 aromatic carbocycles. The van der Waals surface area contributed by atoms with Crippen molar-refractivity contribution in [2.75, 3.05) is 7.05 Å². The fourth-order valence-corrected chi connectivity index (χ4v) is 0. The quantitative estimate of drug-likeness (QED) is 0.257. The molecule has 0 bridgehead atoms. The van der Waals surface area contributed by atoms with Crippen molar-refractivity contribution in [3.8, 4) is 0 Å². The summed E-state index contributed by atoms with van der Waals surface area (Å²) in [6.45, 7) is 1.67. The molecule has 0 rings (SSSR count). The van der Waals surface area contributed by atoms with E-state index in [1.54, 1.807) is 14.0 Å². The lowest BCUT2D eigenvalue weighted by Crippen LogP contribution is -2.19. The summed E-state index contributed by atoms with van der Waals surface area (Å²) in [7, 11) is -3.22. The van der Waals surface area contributed by atoms with Gasteiger partial charge in [0.15, 0.2) is 0 Å². The van der Waals surface area contributed by atoms with Gasteiger partial charge in [-0.2, -0.15) is 0 Å². The molecule has 3 N–H and O–H groups in total. The van der Waals surface area contributed by atoms with E-state index in [0.29, 0.717) is 0 Å². The molecule has 1 unspecified atom stereocenters. The Balaban J connectivity index is -0.000000107.